The molecule has 6 heteroatoms. The number of carbonyl (C=O) groups excluding carboxylic acids is 1. The second-order valence-electron chi connectivity index (χ2n) is 6.45. The van der Waals surface area contributed by atoms with E-state index in [9.17, 15) is 9.18 Å². The number of nitrogens with zero attached hydrogens (tertiary/aromatic N) is 2. The van der Waals surface area contributed by atoms with Crippen LogP contribution in [0.25, 0.3) is 5.65 Å². The number of pyridine rings is 1. The molecular weight excluding hydrogens is 357 g/mol. The maximum atomic E-state index is 13.9. The van der Waals surface area contributed by atoms with Crippen molar-refractivity contribution in [1.29, 1.82) is 0 Å². The summed E-state index contributed by atoms with van der Waals surface area (Å²) in [5.41, 5.74) is 3.03. The highest BCUT2D eigenvalue weighted by Gasteiger charge is 2.10. The summed E-state index contributed by atoms with van der Waals surface area (Å²) < 4.78 is 21.6. The van der Waals surface area contributed by atoms with Gasteiger partial charge < -0.3 is 14.5 Å². The van der Waals surface area contributed by atoms with Gasteiger partial charge in [0.05, 0.1) is 11.4 Å². The number of aromatic nitrogens is 2. The number of anilines is 1. The van der Waals surface area contributed by atoms with Gasteiger partial charge >= 0.3 is 0 Å². The topological polar surface area (TPSA) is 55.6 Å². The van der Waals surface area contributed by atoms with Gasteiger partial charge in [0.2, 0.25) is 0 Å². The van der Waals surface area contributed by atoms with Crippen LogP contribution >= 0.6 is 0 Å². The second kappa shape index (κ2) is 7.52. The third kappa shape index (κ3) is 3.86. The van der Waals surface area contributed by atoms with E-state index in [1.165, 1.54) is 6.07 Å². The number of hydrogen-bond acceptors (Lipinski definition) is 3. The summed E-state index contributed by atoms with van der Waals surface area (Å²) in [7, 11) is 0. The molecule has 0 bridgehead atoms. The zero-order chi connectivity index (χ0) is 19.5. The smallest absolute Gasteiger partial charge is 0.255 e. The standard InChI is InChI=1S/C22H18FN3O2/c1-15-5-10-20(19(23)12-15)25-22(27)16-6-8-18(9-7-16)28-14-17-13-26-11-3-2-4-21(26)24-17/h2-13H,14H2,1H3,(H,25,27). The largest absolute Gasteiger partial charge is 0.487 e. The molecule has 5 nitrogen and oxygen atoms in total. The average Bonchev–Trinajstić information content (AvgIpc) is 3.12. The fourth-order valence-electron chi connectivity index (χ4n) is 2.83. The first-order valence-corrected chi connectivity index (χ1v) is 8.81. The van der Waals surface area contributed by atoms with Gasteiger partial charge in [-0.05, 0) is 61.0 Å². The zero-order valence-electron chi connectivity index (χ0n) is 15.2. The molecule has 0 aliphatic heterocycles. The quantitative estimate of drug-likeness (QED) is 0.554. The summed E-state index contributed by atoms with van der Waals surface area (Å²) >= 11 is 0. The molecule has 1 N–H and O–H groups in total. The van der Waals surface area contributed by atoms with Crippen LogP contribution in [0.15, 0.2) is 73.1 Å². The fourth-order valence-corrected chi connectivity index (χ4v) is 2.83. The molecule has 1 amide bonds. The van der Waals surface area contributed by atoms with E-state index in [-0.39, 0.29) is 11.6 Å². The molecule has 0 unspecified atom stereocenters. The van der Waals surface area contributed by atoms with Crippen LogP contribution in [-0.4, -0.2) is 15.3 Å². The fraction of sp³-hybridized carbons (Fsp3) is 0.0909. The minimum absolute atomic E-state index is 0.155. The lowest BCUT2D eigenvalue weighted by Gasteiger charge is -2.08. The molecule has 0 saturated heterocycles. The molecular formula is C22H18FN3O2. The molecule has 0 fully saturated rings. The van der Waals surface area contributed by atoms with Gasteiger partial charge in [0.15, 0.2) is 0 Å². The highest BCUT2D eigenvalue weighted by Crippen LogP contribution is 2.18. The minimum atomic E-state index is -0.458. The van der Waals surface area contributed by atoms with Gasteiger partial charge in [-0.15, -0.1) is 0 Å². The first-order valence-electron chi connectivity index (χ1n) is 8.81. The first kappa shape index (κ1) is 17.7. The number of fused-ring (bicyclic) bond motifs is 1. The van der Waals surface area contributed by atoms with Gasteiger partial charge in [-0.25, -0.2) is 9.37 Å². The summed E-state index contributed by atoms with van der Waals surface area (Å²) in [6.07, 6.45) is 3.84. The normalized spacial score (nSPS) is 10.8. The van der Waals surface area contributed by atoms with Crippen molar-refractivity contribution >= 4 is 17.2 Å². The van der Waals surface area contributed by atoms with Crippen molar-refractivity contribution < 1.29 is 13.9 Å². The van der Waals surface area contributed by atoms with E-state index in [2.05, 4.69) is 10.3 Å². The highest BCUT2D eigenvalue weighted by atomic mass is 19.1. The van der Waals surface area contributed by atoms with E-state index in [1.54, 1.807) is 43.3 Å². The molecule has 4 rings (SSSR count). The predicted molar refractivity (Wildman–Crippen MR) is 105 cm³/mol. The van der Waals surface area contributed by atoms with E-state index in [4.69, 9.17) is 4.74 Å². The average molecular weight is 375 g/mol. The molecule has 2 aromatic carbocycles. The van der Waals surface area contributed by atoms with Crippen LogP contribution in [0.1, 0.15) is 21.6 Å². The number of imidazole rings is 1. The lowest BCUT2D eigenvalue weighted by molar-refractivity contribution is 0.102. The number of hydrogen-bond donors (Lipinski definition) is 1. The van der Waals surface area contributed by atoms with Crippen molar-refractivity contribution in [3.05, 3.63) is 95.7 Å². The molecule has 28 heavy (non-hydrogen) atoms. The van der Waals surface area contributed by atoms with Crippen LogP contribution in [0.4, 0.5) is 10.1 Å². The van der Waals surface area contributed by atoms with Crippen molar-refractivity contribution in [1.82, 2.24) is 9.38 Å². The molecule has 0 aliphatic carbocycles. The molecule has 0 aliphatic rings. The second-order valence-corrected chi connectivity index (χ2v) is 6.45. The maximum Gasteiger partial charge on any atom is 0.255 e. The molecule has 140 valence electrons. The number of benzene rings is 2. The molecule has 2 heterocycles. The molecule has 0 spiro atoms. The van der Waals surface area contributed by atoms with E-state index in [1.807, 2.05) is 35.0 Å². The van der Waals surface area contributed by atoms with Gasteiger partial charge in [0, 0.05) is 18.0 Å². The number of carbonyl (C=O) groups is 1. The van der Waals surface area contributed by atoms with Crippen molar-refractivity contribution in [3.8, 4) is 5.75 Å². The molecule has 0 radical (unpaired) electrons. The SMILES string of the molecule is Cc1ccc(NC(=O)c2ccc(OCc3cn4ccccc4n3)cc2)c(F)c1. The molecule has 4 aromatic rings. The number of nitrogens with one attached hydrogen (secondary N) is 1. The van der Waals surface area contributed by atoms with Crippen LogP contribution in [0.3, 0.4) is 0 Å². The van der Waals surface area contributed by atoms with Crippen LogP contribution < -0.4 is 10.1 Å². The van der Waals surface area contributed by atoms with Gasteiger partial charge in [-0.1, -0.05) is 12.1 Å². The summed E-state index contributed by atoms with van der Waals surface area (Å²) in [4.78, 5) is 16.8. The van der Waals surface area contributed by atoms with Crippen molar-refractivity contribution in [3.63, 3.8) is 0 Å². The molecule has 0 atom stereocenters. The van der Waals surface area contributed by atoms with Gasteiger partial charge in [-0.3, -0.25) is 4.79 Å². The van der Waals surface area contributed by atoms with Crippen molar-refractivity contribution in [2.24, 2.45) is 0 Å². The van der Waals surface area contributed by atoms with Crippen LogP contribution in [0.2, 0.25) is 0 Å². The maximum absolute atomic E-state index is 13.9. The van der Waals surface area contributed by atoms with Gasteiger partial charge in [0.25, 0.3) is 5.91 Å². The Balaban J connectivity index is 1.39. The predicted octanol–water partition coefficient (Wildman–Crippen LogP) is 4.61. The van der Waals surface area contributed by atoms with Gasteiger partial charge in [0.1, 0.15) is 23.8 Å². The Morgan fingerprint density at radius 2 is 1.96 bits per heavy atom. The third-order valence-corrected chi connectivity index (χ3v) is 4.29. The van der Waals surface area contributed by atoms with E-state index >= 15 is 0 Å². The lowest BCUT2D eigenvalue weighted by Crippen LogP contribution is -2.13. The number of aryl methyl sites for hydroxylation is 1. The molecule has 0 saturated carbocycles. The first-order chi connectivity index (χ1) is 13.6. The number of rotatable bonds is 5. The summed E-state index contributed by atoms with van der Waals surface area (Å²) in [5, 5.41) is 2.58. The number of amides is 1. The number of halogens is 1. The van der Waals surface area contributed by atoms with Gasteiger partial charge in [-0.2, -0.15) is 0 Å². The van der Waals surface area contributed by atoms with Crippen molar-refractivity contribution in [2.45, 2.75) is 13.5 Å². The van der Waals surface area contributed by atoms with Crippen LogP contribution in [0, 0.1) is 12.7 Å². The zero-order valence-corrected chi connectivity index (χ0v) is 15.2. The number of ether oxygens (including phenoxy) is 1. The van der Waals surface area contributed by atoms with Crippen LogP contribution in [0.5, 0.6) is 5.75 Å². The Kier molecular flexibility index (Phi) is 4.76. The summed E-state index contributed by atoms with van der Waals surface area (Å²) in [6, 6.07) is 17.2. The Bertz CT molecular complexity index is 1100. The Labute approximate surface area is 161 Å². The lowest BCUT2D eigenvalue weighted by atomic mass is 10.2. The highest BCUT2D eigenvalue weighted by molar-refractivity contribution is 6.04. The van der Waals surface area contributed by atoms with E-state index in [0.717, 1.165) is 16.9 Å². The molecule has 2 aromatic heterocycles. The summed E-state index contributed by atoms with van der Waals surface area (Å²) in [5.74, 6) is -0.217. The van der Waals surface area contributed by atoms with Crippen LogP contribution in [-0.2, 0) is 6.61 Å². The third-order valence-electron chi connectivity index (χ3n) is 4.29. The minimum Gasteiger partial charge on any atom is -0.487 e. The monoisotopic (exact) mass is 375 g/mol. The Morgan fingerprint density at radius 3 is 2.71 bits per heavy atom. The van der Waals surface area contributed by atoms with E-state index in [0.29, 0.717) is 17.9 Å². The Hall–Kier alpha value is -3.67. The van der Waals surface area contributed by atoms with E-state index < -0.39 is 5.82 Å². The van der Waals surface area contributed by atoms with Crippen molar-refractivity contribution in [2.75, 3.05) is 5.32 Å². The summed E-state index contributed by atoms with van der Waals surface area (Å²) in [6.45, 7) is 2.11. The Morgan fingerprint density at radius 1 is 1.14 bits per heavy atom.